The summed E-state index contributed by atoms with van der Waals surface area (Å²) in [6.45, 7) is 0. The van der Waals surface area contributed by atoms with Crippen LogP contribution in [-0.4, -0.2) is 8.42 Å². The molecular weight excluding hydrogens is 239 g/mol. The maximum atomic E-state index is 13.4. The van der Waals surface area contributed by atoms with E-state index in [0.717, 1.165) is 6.07 Å². The topological polar surface area (TPSA) is 34.1 Å². The fourth-order valence-electron chi connectivity index (χ4n) is 1.38. The van der Waals surface area contributed by atoms with E-state index in [1.165, 1.54) is 6.07 Å². The lowest BCUT2D eigenvalue weighted by molar-refractivity contribution is 0.577. The number of hydrogen-bond acceptors (Lipinski definition) is 2. The van der Waals surface area contributed by atoms with Crippen molar-refractivity contribution in [3.05, 3.63) is 42.2 Å². The summed E-state index contributed by atoms with van der Waals surface area (Å²) >= 11 is 0. The minimum absolute atomic E-state index is 0.483. The largest absolute Gasteiger partial charge is 0.264 e. The van der Waals surface area contributed by atoms with Gasteiger partial charge in [0.15, 0.2) is 0 Å². The molecule has 2 rings (SSSR count). The zero-order valence-corrected chi connectivity index (χ0v) is 9.02. The van der Waals surface area contributed by atoms with Gasteiger partial charge in [-0.1, -0.05) is 24.3 Å². The minimum atomic E-state index is -4.03. The maximum Gasteiger partial charge on any atom is 0.264 e. The number of rotatable bonds is 1. The molecule has 0 aliphatic carbocycles. The predicted octanol–water partition coefficient (Wildman–Crippen LogP) is 2.91. The summed E-state index contributed by atoms with van der Waals surface area (Å²) in [4.78, 5) is -0.483. The van der Waals surface area contributed by atoms with Crippen molar-refractivity contribution in [3.8, 4) is 0 Å². The molecule has 2 aromatic rings. The van der Waals surface area contributed by atoms with Gasteiger partial charge in [-0.05, 0) is 22.9 Å². The Balaban J connectivity index is 2.84. The molecule has 0 heterocycles. The summed E-state index contributed by atoms with van der Waals surface area (Å²) in [5.41, 5.74) is 0. The number of fused-ring (bicyclic) bond motifs is 1. The van der Waals surface area contributed by atoms with Crippen LogP contribution in [0.2, 0.25) is 0 Å². The zero-order valence-electron chi connectivity index (χ0n) is 7.44. The van der Waals surface area contributed by atoms with Crippen LogP contribution in [-0.2, 0) is 9.05 Å². The molecule has 0 bridgehead atoms. The Hall–Kier alpha value is -1.13. The molecule has 78 valence electrons. The summed E-state index contributed by atoms with van der Waals surface area (Å²) in [6, 6.07) is 9.27. The van der Waals surface area contributed by atoms with E-state index in [0.29, 0.717) is 10.8 Å². The highest BCUT2D eigenvalue weighted by molar-refractivity contribution is 8.13. The fourth-order valence-corrected chi connectivity index (χ4v) is 2.29. The molecule has 0 aromatic heterocycles. The molecule has 0 saturated carbocycles. The van der Waals surface area contributed by atoms with Crippen LogP contribution < -0.4 is 0 Å². The summed E-state index contributed by atoms with van der Waals surface area (Å²) in [6.07, 6.45) is 0. The second kappa shape index (κ2) is 3.47. The van der Waals surface area contributed by atoms with E-state index < -0.39 is 19.8 Å². The first-order valence-electron chi connectivity index (χ1n) is 4.11. The first kappa shape index (κ1) is 10.4. The molecule has 5 heteroatoms. The van der Waals surface area contributed by atoms with Crippen molar-refractivity contribution in [2.24, 2.45) is 0 Å². The van der Waals surface area contributed by atoms with Crippen LogP contribution >= 0.6 is 10.7 Å². The van der Waals surface area contributed by atoms with E-state index in [9.17, 15) is 12.8 Å². The molecule has 0 aliphatic rings. The average molecular weight is 245 g/mol. The van der Waals surface area contributed by atoms with Gasteiger partial charge in [-0.25, -0.2) is 12.8 Å². The van der Waals surface area contributed by atoms with Gasteiger partial charge in [-0.2, -0.15) is 0 Å². The van der Waals surface area contributed by atoms with E-state index in [1.807, 2.05) is 0 Å². The Morgan fingerprint density at radius 1 is 1.07 bits per heavy atom. The minimum Gasteiger partial charge on any atom is -0.207 e. The monoisotopic (exact) mass is 244 g/mol. The van der Waals surface area contributed by atoms with E-state index in [1.54, 1.807) is 24.3 Å². The first-order chi connectivity index (χ1) is 6.98. The highest BCUT2D eigenvalue weighted by atomic mass is 35.7. The van der Waals surface area contributed by atoms with E-state index in [2.05, 4.69) is 0 Å². The molecule has 15 heavy (non-hydrogen) atoms. The van der Waals surface area contributed by atoms with Gasteiger partial charge in [0.1, 0.15) is 10.7 Å². The van der Waals surface area contributed by atoms with Crippen LogP contribution in [0.25, 0.3) is 10.8 Å². The van der Waals surface area contributed by atoms with Crippen LogP contribution in [0.4, 0.5) is 4.39 Å². The van der Waals surface area contributed by atoms with Crippen molar-refractivity contribution < 1.29 is 12.8 Å². The molecule has 0 aliphatic heterocycles. The van der Waals surface area contributed by atoms with Crippen LogP contribution in [0.1, 0.15) is 0 Å². The molecule has 0 amide bonds. The number of halogens is 2. The summed E-state index contributed by atoms with van der Waals surface area (Å²) in [5.74, 6) is -0.830. The first-order valence-corrected chi connectivity index (χ1v) is 6.42. The quantitative estimate of drug-likeness (QED) is 0.723. The third-order valence-corrected chi connectivity index (χ3v) is 3.40. The predicted molar refractivity (Wildman–Crippen MR) is 56.9 cm³/mol. The molecule has 0 spiro atoms. The highest BCUT2D eigenvalue weighted by Crippen LogP contribution is 2.24. The van der Waals surface area contributed by atoms with Gasteiger partial charge in [0.2, 0.25) is 0 Å². The fraction of sp³-hybridized carbons (Fsp3) is 0. The molecule has 0 radical (unpaired) electrons. The summed E-state index contributed by atoms with van der Waals surface area (Å²) in [5, 5.41) is 1.28. The van der Waals surface area contributed by atoms with Crippen LogP contribution in [0.3, 0.4) is 0 Å². The van der Waals surface area contributed by atoms with Gasteiger partial charge in [0, 0.05) is 10.7 Å². The maximum absolute atomic E-state index is 13.4. The number of hydrogen-bond donors (Lipinski definition) is 0. The molecule has 0 fully saturated rings. The van der Waals surface area contributed by atoms with Crippen molar-refractivity contribution in [2.75, 3.05) is 0 Å². The normalized spacial score (nSPS) is 11.9. The van der Waals surface area contributed by atoms with E-state index in [4.69, 9.17) is 10.7 Å². The van der Waals surface area contributed by atoms with Crippen LogP contribution in [0, 0.1) is 5.82 Å². The van der Waals surface area contributed by atoms with Gasteiger partial charge in [-0.3, -0.25) is 0 Å². The van der Waals surface area contributed by atoms with Gasteiger partial charge in [-0.15, -0.1) is 0 Å². The van der Waals surface area contributed by atoms with Gasteiger partial charge in [0.25, 0.3) is 9.05 Å². The Labute approximate surface area is 90.7 Å². The second-order valence-corrected chi connectivity index (χ2v) is 5.60. The lowest BCUT2D eigenvalue weighted by Gasteiger charge is -2.02. The van der Waals surface area contributed by atoms with Crippen molar-refractivity contribution >= 4 is 30.5 Å². The van der Waals surface area contributed by atoms with Crippen LogP contribution in [0.5, 0.6) is 0 Å². The SMILES string of the molecule is O=S(=O)(Cl)c1cc2ccccc2cc1F. The average Bonchev–Trinajstić information content (AvgIpc) is 2.15. The lowest BCUT2D eigenvalue weighted by atomic mass is 10.1. The standard InChI is InChI=1S/C10H6ClFO2S/c11-15(13,14)10-6-8-4-2-1-3-7(8)5-9(10)12/h1-6H. The molecule has 0 saturated heterocycles. The van der Waals surface area contributed by atoms with E-state index >= 15 is 0 Å². The molecule has 0 unspecified atom stereocenters. The second-order valence-electron chi connectivity index (χ2n) is 3.07. The number of benzene rings is 2. The van der Waals surface area contributed by atoms with E-state index in [-0.39, 0.29) is 0 Å². The van der Waals surface area contributed by atoms with Crippen molar-refractivity contribution in [3.63, 3.8) is 0 Å². The smallest absolute Gasteiger partial charge is 0.207 e. The highest BCUT2D eigenvalue weighted by Gasteiger charge is 2.16. The Morgan fingerprint density at radius 3 is 2.13 bits per heavy atom. The zero-order chi connectivity index (χ0) is 11.1. The molecular formula is C10H6ClFO2S. The van der Waals surface area contributed by atoms with Crippen molar-refractivity contribution in [2.45, 2.75) is 4.90 Å². The van der Waals surface area contributed by atoms with Crippen molar-refractivity contribution in [1.29, 1.82) is 0 Å². The Morgan fingerprint density at radius 2 is 1.60 bits per heavy atom. The lowest BCUT2D eigenvalue weighted by Crippen LogP contribution is -1.95. The molecule has 2 aromatic carbocycles. The Kier molecular flexibility index (Phi) is 2.40. The summed E-state index contributed by atoms with van der Waals surface area (Å²) < 4.78 is 35.4. The summed E-state index contributed by atoms with van der Waals surface area (Å²) in [7, 11) is 1.07. The van der Waals surface area contributed by atoms with Crippen molar-refractivity contribution in [1.82, 2.24) is 0 Å². The van der Waals surface area contributed by atoms with Gasteiger partial charge >= 0.3 is 0 Å². The van der Waals surface area contributed by atoms with Crippen LogP contribution in [0.15, 0.2) is 41.3 Å². The third kappa shape index (κ3) is 1.96. The Bertz CT molecular complexity index is 622. The molecule has 2 nitrogen and oxygen atoms in total. The molecule has 0 N–H and O–H groups in total. The molecule has 0 atom stereocenters. The van der Waals surface area contributed by atoms with Gasteiger partial charge in [0.05, 0.1) is 0 Å². The van der Waals surface area contributed by atoms with Gasteiger partial charge < -0.3 is 0 Å². The third-order valence-electron chi connectivity index (χ3n) is 2.06.